The molecular formula is C20H24ClN3O3. The smallest absolute Gasteiger partial charge is 0.339 e. The molecule has 2 aromatic rings. The molecule has 0 radical (unpaired) electrons. The van der Waals surface area contributed by atoms with Gasteiger partial charge in [0.1, 0.15) is 18.2 Å². The van der Waals surface area contributed by atoms with Gasteiger partial charge in [-0.2, -0.15) is 0 Å². The summed E-state index contributed by atoms with van der Waals surface area (Å²) in [7, 11) is 0. The second-order valence-corrected chi connectivity index (χ2v) is 6.64. The first-order valence-corrected chi connectivity index (χ1v) is 9.53. The minimum atomic E-state index is -0.333. The van der Waals surface area contributed by atoms with Crippen molar-refractivity contribution in [3.05, 3.63) is 53.2 Å². The number of halogens is 1. The SMILES string of the molecule is CCOC(=O)c1ccc(N2CCN(CCOc3ccccc3Cl)CC2)nc1. The molecule has 2 heterocycles. The van der Waals surface area contributed by atoms with E-state index in [2.05, 4.69) is 14.8 Å². The van der Waals surface area contributed by atoms with Crippen molar-refractivity contribution in [3.63, 3.8) is 0 Å². The topological polar surface area (TPSA) is 54.9 Å². The molecule has 0 unspecified atom stereocenters. The van der Waals surface area contributed by atoms with Gasteiger partial charge in [-0.1, -0.05) is 23.7 Å². The van der Waals surface area contributed by atoms with Crippen molar-refractivity contribution in [1.29, 1.82) is 0 Å². The van der Waals surface area contributed by atoms with E-state index in [1.54, 1.807) is 19.2 Å². The summed E-state index contributed by atoms with van der Waals surface area (Å²) in [6, 6.07) is 11.2. The summed E-state index contributed by atoms with van der Waals surface area (Å²) in [5.74, 6) is 1.28. The molecule has 1 aliphatic rings. The van der Waals surface area contributed by atoms with Crippen LogP contribution in [0, 0.1) is 0 Å². The molecule has 0 amide bonds. The predicted octanol–water partition coefficient (Wildman–Crippen LogP) is 3.11. The van der Waals surface area contributed by atoms with Crippen LogP contribution in [0.5, 0.6) is 5.75 Å². The Morgan fingerprint density at radius 1 is 1.15 bits per heavy atom. The van der Waals surface area contributed by atoms with Gasteiger partial charge >= 0.3 is 5.97 Å². The zero-order valence-electron chi connectivity index (χ0n) is 15.4. The molecule has 27 heavy (non-hydrogen) atoms. The molecule has 144 valence electrons. The van der Waals surface area contributed by atoms with Gasteiger partial charge in [-0.05, 0) is 31.2 Å². The van der Waals surface area contributed by atoms with Crippen molar-refractivity contribution < 1.29 is 14.3 Å². The number of rotatable bonds is 7. The molecule has 6 nitrogen and oxygen atoms in total. The largest absolute Gasteiger partial charge is 0.491 e. The number of aromatic nitrogens is 1. The molecule has 0 spiro atoms. The van der Waals surface area contributed by atoms with E-state index in [4.69, 9.17) is 21.1 Å². The van der Waals surface area contributed by atoms with Crippen molar-refractivity contribution in [3.8, 4) is 5.75 Å². The van der Waals surface area contributed by atoms with E-state index >= 15 is 0 Å². The van der Waals surface area contributed by atoms with Crippen molar-refractivity contribution in [2.75, 3.05) is 50.8 Å². The number of carbonyl (C=O) groups excluding carboxylic acids is 1. The first-order valence-electron chi connectivity index (χ1n) is 9.15. The van der Waals surface area contributed by atoms with Crippen LogP contribution in [-0.2, 0) is 4.74 Å². The Morgan fingerprint density at radius 2 is 1.93 bits per heavy atom. The molecule has 0 aliphatic carbocycles. The quantitative estimate of drug-likeness (QED) is 0.678. The zero-order chi connectivity index (χ0) is 19.1. The lowest BCUT2D eigenvalue weighted by molar-refractivity contribution is 0.0526. The third kappa shape index (κ3) is 5.34. The maximum Gasteiger partial charge on any atom is 0.339 e. The number of hydrogen-bond donors (Lipinski definition) is 0. The van der Waals surface area contributed by atoms with Crippen molar-refractivity contribution in [1.82, 2.24) is 9.88 Å². The van der Waals surface area contributed by atoms with Gasteiger partial charge in [-0.15, -0.1) is 0 Å². The maximum atomic E-state index is 11.7. The minimum Gasteiger partial charge on any atom is -0.491 e. The van der Waals surface area contributed by atoms with Crippen LogP contribution in [-0.4, -0.2) is 61.8 Å². The van der Waals surface area contributed by atoms with Gasteiger partial charge in [0.05, 0.1) is 17.2 Å². The van der Waals surface area contributed by atoms with Crippen molar-refractivity contribution >= 4 is 23.4 Å². The van der Waals surface area contributed by atoms with Crippen LogP contribution in [0.3, 0.4) is 0 Å². The number of ether oxygens (including phenoxy) is 2. The maximum absolute atomic E-state index is 11.7. The summed E-state index contributed by atoms with van der Waals surface area (Å²) in [5, 5.41) is 0.639. The van der Waals surface area contributed by atoms with Crippen LogP contribution in [0.1, 0.15) is 17.3 Å². The van der Waals surface area contributed by atoms with Gasteiger partial charge in [0.15, 0.2) is 0 Å². The fourth-order valence-electron chi connectivity index (χ4n) is 2.96. The van der Waals surface area contributed by atoms with E-state index < -0.39 is 0 Å². The van der Waals surface area contributed by atoms with Gasteiger partial charge in [0, 0.05) is 38.9 Å². The van der Waals surface area contributed by atoms with Gasteiger partial charge < -0.3 is 14.4 Å². The van der Waals surface area contributed by atoms with Gasteiger partial charge in [0.25, 0.3) is 0 Å². The number of hydrogen-bond acceptors (Lipinski definition) is 6. The van der Waals surface area contributed by atoms with Crippen molar-refractivity contribution in [2.45, 2.75) is 6.92 Å². The summed E-state index contributed by atoms with van der Waals surface area (Å²) in [6.07, 6.45) is 1.58. The highest BCUT2D eigenvalue weighted by molar-refractivity contribution is 6.32. The summed E-state index contributed by atoms with van der Waals surface area (Å²) < 4.78 is 10.7. The molecule has 0 atom stereocenters. The van der Waals surface area contributed by atoms with E-state index in [1.807, 2.05) is 30.3 Å². The number of piperazine rings is 1. The van der Waals surface area contributed by atoms with Gasteiger partial charge in [-0.25, -0.2) is 9.78 Å². The lowest BCUT2D eigenvalue weighted by Crippen LogP contribution is -2.47. The second-order valence-electron chi connectivity index (χ2n) is 6.23. The Balaban J connectivity index is 1.43. The third-order valence-corrected chi connectivity index (χ3v) is 4.77. The lowest BCUT2D eigenvalue weighted by atomic mass is 10.2. The third-order valence-electron chi connectivity index (χ3n) is 4.46. The monoisotopic (exact) mass is 389 g/mol. The molecular weight excluding hydrogens is 366 g/mol. The fourth-order valence-corrected chi connectivity index (χ4v) is 3.15. The molecule has 1 fully saturated rings. The van der Waals surface area contributed by atoms with Gasteiger partial charge in [0.2, 0.25) is 0 Å². The highest BCUT2D eigenvalue weighted by atomic mass is 35.5. The van der Waals surface area contributed by atoms with Crippen molar-refractivity contribution in [2.24, 2.45) is 0 Å². The first-order chi connectivity index (χ1) is 13.2. The van der Waals surface area contributed by atoms with Crippen LogP contribution in [0.25, 0.3) is 0 Å². The zero-order valence-corrected chi connectivity index (χ0v) is 16.2. The van der Waals surface area contributed by atoms with Crippen LogP contribution >= 0.6 is 11.6 Å². The average Bonchev–Trinajstić information content (AvgIpc) is 2.70. The number of benzene rings is 1. The van der Waals surface area contributed by atoms with E-state index in [9.17, 15) is 4.79 Å². The summed E-state index contributed by atoms with van der Waals surface area (Å²) >= 11 is 6.10. The Morgan fingerprint density at radius 3 is 2.59 bits per heavy atom. The minimum absolute atomic E-state index is 0.333. The molecule has 1 aromatic heterocycles. The Labute approximate surface area is 164 Å². The normalized spacial score (nSPS) is 14.8. The highest BCUT2D eigenvalue weighted by Crippen LogP contribution is 2.23. The molecule has 1 aromatic carbocycles. The van der Waals surface area contributed by atoms with Gasteiger partial charge in [-0.3, -0.25) is 4.90 Å². The Bertz CT molecular complexity index is 746. The summed E-state index contributed by atoms with van der Waals surface area (Å²) in [6.45, 7) is 7.27. The summed E-state index contributed by atoms with van der Waals surface area (Å²) in [4.78, 5) is 20.7. The first kappa shape index (κ1) is 19.5. The summed E-state index contributed by atoms with van der Waals surface area (Å²) in [5.41, 5.74) is 0.482. The second kappa shape index (κ2) is 9.58. The number of pyridine rings is 1. The molecule has 0 N–H and O–H groups in total. The average molecular weight is 390 g/mol. The molecule has 3 rings (SSSR count). The van der Waals surface area contributed by atoms with Crippen LogP contribution in [0.2, 0.25) is 5.02 Å². The Kier molecular flexibility index (Phi) is 6.90. The number of esters is 1. The number of anilines is 1. The van der Waals surface area contributed by atoms with Crippen LogP contribution in [0.15, 0.2) is 42.6 Å². The number of para-hydroxylation sites is 1. The van der Waals surface area contributed by atoms with E-state index in [-0.39, 0.29) is 5.97 Å². The number of carbonyl (C=O) groups is 1. The lowest BCUT2D eigenvalue weighted by Gasteiger charge is -2.35. The molecule has 1 saturated heterocycles. The van der Waals surface area contributed by atoms with Crippen LogP contribution < -0.4 is 9.64 Å². The Hall–Kier alpha value is -2.31. The van der Waals surface area contributed by atoms with Crippen LogP contribution in [0.4, 0.5) is 5.82 Å². The predicted molar refractivity (Wildman–Crippen MR) is 106 cm³/mol. The van der Waals surface area contributed by atoms with E-state index in [1.165, 1.54) is 0 Å². The number of nitrogens with zero attached hydrogens (tertiary/aromatic N) is 3. The molecule has 0 saturated carbocycles. The molecule has 0 bridgehead atoms. The highest BCUT2D eigenvalue weighted by Gasteiger charge is 2.18. The fraction of sp³-hybridized carbons (Fsp3) is 0.400. The molecule has 7 heteroatoms. The van der Waals surface area contributed by atoms with E-state index in [0.717, 1.165) is 44.3 Å². The standard InChI is InChI=1S/C20H24ClN3O3/c1-2-26-20(25)16-7-8-19(22-15-16)24-11-9-23(10-12-24)13-14-27-18-6-4-3-5-17(18)21/h3-8,15H,2,9-14H2,1H3. The molecule has 1 aliphatic heterocycles. The van der Waals surface area contributed by atoms with E-state index in [0.29, 0.717) is 23.8 Å².